The second-order valence-corrected chi connectivity index (χ2v) is 3.29. The van der Waals surface area contributed by atoms with Crippen LogP contribution >= 0.6 is 0 Å². The van der Waals surface area contributed by atoms with E-state index in [4.69, 9.17) is 0 Å². The Labute approximate surface area is 79.6 Å². The van der Waals surface area contributed by atoms with Crippen molar-refractivity contribution >= 4 is 0 Å². The molecule has 0 fully saturated rings. The van der Waals surface area contributed by atoms with Gasteiger partial charge in [0.25, 0.3) is 0 Å². The lowest BCUT2D eigenvalue weighted by Crippen LogP contribution is -2.10. The monoisotopic (exact) mass is 174 g/mol. The van der Waals surface area contributed by atoms with Crippen LogP contribution in [0.5, 0.6) is 0 Å². The van der Waals surface area contributed by atoms with E-state index < -0.39 is 0 Å². The Morgan fingerprint density at radius 2 is 2.15 bits per heavy atom. The minimum Gasteiger partial charge on any atom is -0.299 e. The second-order valence-electron chi connectivity index (χ2n) is 3.29. The highest BCUT2D eigenvalue weighted by atomic mass is 15.0. The molecule has 0 aliphatic heterocycles. The molecule has 2 nitrogen and oxygen atoms in total. The predicted octanol–water partition coefficient (Wildman–Crippen LogP) is 1.30. The average molecular weight is 174 g/mol. The van der Waals surface area contributed by atoms with Gasteiger partial charge in [0.15, 0.2) is 0 Å². The van der Waals surface area contributed by atoms with Crippen LogP contribution in [0.3, 0.4) is 0 Å². The van der Waals surface area contributed by atoms with Gasteiger partial charge in [-0.05, 0) is 32.6 Å². The maximum Gasteiger partial charge on any atom is 0.0600 e. The van der Waals surface area contributed by atoms with Gasteiger partial charge in [-0.3, -0.25) is 9.88 Å². The molecule has 1 aromatic rings. The highest BCUT2D eigenvalue weighted by molar-refractivity contribution is 5.33. The SMILES string of the molecule is Cc1cncc(C#CCN(C)C)c1. The van der Waals surface area contributed by atoms with Crippen LogP contribution in [0.15, 0.2) is 18.5 Å². The lowest BCUT2D eigenvalue weighted by Gasteiger charge is -2.00. The molecule has 1 aromatic heterocycles. The molecular formula is C11H14N2. The van der Waals surface area contributed by atoms with Gasteiger partial charge in [0, 0.05) is 18.0 Å². The van der Waals surface area contributed by atoms with Gasteiger partial charge >= 0.3 is 0 Å². The molecule has 0 aliphatic carbocycles. The molecule has 68 valence electrons. The highest BCUT2D eigenvalue weighted by Crippen LogP contribution is 1.98. The summed E-state index contributed by atoms with van der Waals surface area (Å²) in [6, 6.07) is 2.04. The number of hydrogen-bond acceptors (Lipinski definition) is 2. The van der Waals surface area contributed by atoms with Gasteiger partial charge in [0.05, 0.1) is 6.54 Å². The van der Waals surface area contributed by atoms with E-state index in [-0.39, 0.29) is 0 Å². The molecule has 1 rings (SSSR count). The van der Waals surface area contributed by atoms with E-state index in [9.17, 15) is 0 Å². The molecule has 0 saturated heterocycles. The number of hydrogen-bond donors (Lipinski definition) is 0. The minimum absolute atomic E-state index is 0.786. The molecule has 0 N–H and O–H groups in total. The summed E-state index contributed by atoms with van der Waals surface area (Å²) in [4.78, 5) is 6.10. The van der Waals surface area contributed by atoms with Crippen molar-refractivity contribution in [3.05, 3.63) is 29.6 Å². The summed E-state index contributed by atoms with van der Waals surface area (Å²) in [6.45, 7) is 2.80. The number of pyridine rings is 1. The fraction of sp³-hybridized carbons (Fsp3) is 0.364. The molecule has 0 amide bonds. The second kappa shape index (κ2) is 4.64. The average Bonchev–Trinajstić information content (AvgIpc) is 2.03. The summed E-state index contributed by atoms with van der Waals surface area (Å²) in [7, 11) is 4.01. The quantitative estimate of drug-likeness (QED) is 0.597. The van der Waals surface area contributed by atoms with Gasteiger partial charge in [-0.25, -0.2) is 0 Å². The van der Waals surface area contributed by atoms with E-state index in [0.29, 0.717) is 0 Å². The van der Waals surface area contributed by atoms with Crippen molar-refractivity contribution in [1.29, 1.82) is 0 Å². The zero-order valence-corrected chi connectivity index (χ0v) is 8.33. The molecule has 0 radical (unpaired) electrons. The smallest absolute Gasteiger partial charge is 0.0600 e. The van der Waals surface area contributed by atoms with E-state index in [0.717, 1.165) is 17.7 Å². The minimum atomic E-state index is 0.786. The Morgan fingerprint density at radius 3 is 2.77 bits per heavy atom. The van der Waals surface area contributed by atoms with Crippen molar-refractivity contribution in [3.8, 4) is 11.8 Å². The molecule has 0 unspecified atom stereocenters. The molecule has 0 saturated carbocycles. The van der Waals surface area contributed by atoms with Crippen molar-refractivity contribution in [2.75, 3.05) is 20.6 Å². The van der Waals surface area contributed by atoms with Crippen molar-refractivity contribution < 1.29 is 0 Å². The first-order valence-electron chi connectivity index (χ1n) is 4.24. The summed E-state index contributed by atoms with van der Waals surface area (Å²) >= 11 is 0. The van der Waals surface area contributed by atoms with Crippen LogP contribution in [0, 0.1) is 18.8 Å². The molecule has 0 spiro atoms. The first-order valence-corrected chi connectivity index (χ1v) is 4.24. The molecule has 0 bridgehead atoms. The lowest BCUT2D eigenvalue weighted by molar-refractivity contribution is 0.464. The maximum absolute atomic E-state index is 4.07. The third kappa shape index (κ3) is 3.73. The van der Waals surface area contributed by atoms with Gasteiger partial charge in [-0.2, -0.15) is 0 Å². The Hall–Kier alpha value is -1.33. The standard InChI is InChI=1S/C11H14N2/c1-10-7-11(9-12-8-10)5-4-6-13(2)3/h7-9H,6H2,1-3H3. The predicted molar refractivity (Wildman–Crippen MR) is 54.4 cm³/mol. The van der Waals surface area contributed by atoms with Crippen LogP contribution in [0.2, 0.25) is 0 Å². The first-order chi connectivity index (χ1) is 6.18. The molecule has 1 heterocycles. The number of aromatic nitrogens is 1. The Morgan fingerprint density at radius 1 is 1.38 bits per heavy atom. The van der Waals surface area contributed by atoms with Crippen LogP contribution < -0.4 is 0 Å². The largest absolute Gasteiger partial charge is 0.299 e. The van der Waals surface area contributed by atoms with Crippen molar-refractivity contribution in [2.45, 2.75) is 6.92 Å². The maximum atomic E-state index is 4.07. The summed E-state index contributed by atoms with van der Waals surface area (Å²) in [5.74, 6) is 6.13. The number of nitrogens with zero attached hydrogens (tertiary/aromatic N) is 2. The molecular weight excluding hydrogens is 160 g/mol. The van der Waals surface area contributed by atoms with E-state index in [2.05, 4.69) is 16.8 Å². The van der Waals surface area contributed by atoms with Gasteiger partial charge in [-0.1, -0.05) is 11.8 Å². The van der Waals surface area contributed by atoms with Crippen LogP contribution in [-0.2, 0) is 0 Å². The summed E-state index contributed by atoms with van der Waals surface area (Å²) in [5.41, 5.74) is 2.14. The lowest BCUT2D eigenvalue weighted by atomic mass is 10.2. The van der Waals surface area contributed by atoms with Crippen molar-refractivity contribution in [2.24, 2.45) is 0 Å². The third-order valence-electron chi connectivity index (χ3n) is 1.50. The van der Waals surface area contributed by atoms with Gasteiger partial charge in [0.1, 0.15) is 0 Å². The van der Waals surface area contributed by atoms with E-state index >= 15 is 0 Å². The Balaban J connectivity index is 2.66. The van der Waals surface area contributed by atoms with Crippen LogP contribution in [0.1, 0.15) is 11.1 Å². The zero-order valence-electron chi connectivity index (χ0n) is 8.33. The van der Waals surface area contributed by atoms with Crippen LogP contribution in [-0.4, -0.2) is 30.5 Å². The Bertz CT molecular complexity index is 331. The van der Waals surface area contributed by atoms with E-state index in [1.807, 2.05) is 38.2 Å². The van der Waals surface area contributed by atoms with E-state index in [1.54, 1.807) is 6.20 Å². The molecule has 0 aromatic carbocycles. The molecule has 0 atom stereocenters. The summed E-state index contributed by atoms with van der Waals surface area (Å²) in [5, 5.41) is 0. The number of rotatable bonds is 1. The fourth-order valence-electron chi connectivity index (χ4n) is 0.923. The normalized spacial score (nSPS) is 9.54. The summed E-state index contributed by atoms with van der Waals surface area (Å²) < 4.78 is 0. The fourth-order valence-corrected chi connectivity index (χ4v) is 0.923. The van der Waals surface area contributed by atoms with Gasteiger partial charge < -0.3 is 0 Å². The van der Waals surface area contributed by atoms with Crippen molar-refractivity contribution in [1.82, 2.24) is 9.88 Å². The third-order valence-corrected chi connectivity index (χ3v) is 1.50. The molecule has 13 heavy (non-hydrogen) atoms. The van der Waals surface area contributed by atoms with Crippen LogP contribution in [0.25, 0.3) is 0 Å². The van der Waals surface area contributed by atoms with E-state index in [1.165, 1.54) is 0 Å². The van der Waals surface area contributed by atoms with Gasteiger partial charge in [0.2, 0.25) is 0 Å². The van der Waals surface area contributed by atoms with Crippen molar-refractivity contribution in [3.63, 3.8) is 0 Å². The van der Waals surface area contributed by atoms with Crippen LogP contribution in [0.4, 0.5) is 0 Å². The first kappa shape index (κ1) is 9.76. The van der Waals surface area contributed by atoms with Gasteiger partial charge in [-0.15, -0.1) is 0 Å². The molecule has 2 heteroatoms. The summed E-state index contributed by atoms with van der Waals surface area (Å²) in [6.07, 6.45) is 3.62. The topological polar surface area (TPSA) is 16.1 Å². The number of aryl methyl sites for hydroxylation is 1. The highest BCUT2D eigenvalue weighted by Gasteiger charge is 1.87. The zero-order chi connectivity index (χ0) is 9.68. The Kier molecular flexibility index (Phi) is 3.48. The molecule has 0 aliphatic rings.